The Labute approximate surface area is 141 Å². The number of esters is 1. The van der Waals surface area contributed by atoms with Crippen LogP contribution in [0.5, 0.6) is 0 Å². The molecule has 0 amide bonds. The van der Waals surface area contributed by atoms with Crippen LogP contribution in [-0.4, -0.2) is 38.9 Å². The summed E-state index contributed by atoms with van der Waals surface area (Å²) in [5.74, 6) is -2.64. The van der Waals surface area contributed by atoms with Gasteiger partial charge in [-0.05, 0) is 12.5 Å². The fourth-order valence-electron chi connectivity index (χ4n) is 3.57. The highest BCUT2D eigenvalue weighted by Crippen LogP contribution is 2.44. The van der Waals surface area contributed by atoms with Gasteiger partial charge in [0, 0.05) is 35.7 Å². The lowest BCUT2D eigenvalue weighted by molar-refractivity contribution is -0.384. The average Bonchev–Trinajstić information content (AvgIpc) is 2.92. The van der Waals surface area contributed by atoms with Crippen LogP contribution in [0.2, 0.25) is 0 Å². The third-order valence-electron chi connectivity index (χ3n) is 4.64. The maximum Gasteiger partial charge on any atom is 0.312 e. The number of nitro benzene ring substituents is 1. The van der Waals surface area contributed by atoms with Crippen molar-refractivity contribution in [1.29, 1.82) is 0 Å². The van der Waals surface area contributed by atoms with Crippen LogP contribution in [0.25, 0.3) is 0 Å². The minimum absolute atomic E-state index is 0.0479. The summed E-state index contributed by atoms with van der Waals surface area (Å²) in [6.45, 7) is 1.48. The highest BCUT2D eigenvalue weighted by atomic mass is 16.6. The minimum Gasteiger partial charge on any atom is -0.469 e. The van der Waals surface area contributed by atoms with E-state index in [9.17, 15) is 24.8 Å². The number of nitrogens with zero attached hydrogens (tertiary/aromatic N) is 1. The summed E-state index contributed by atoms with van der Waals surface area (Å²) in [6.07, 6.45) is 0.0479. The summed E-state index contributed by atoms with van der Waals surface area (Å²) in [6, 6.07) is 5.69. The molecule has 0 saturated carbocycles. The predicted molar refractivity (Wildman–Crippen MR) is 86.2 cm³/mol. The molecule has 9 heteroatoms. The molecule has 0 bridgehead atoms. The molecule has 1 heterocycles. The Balaban J connectivity index is 2.26. The smallest absolute Gasteiger partial charge is 0.312 e. The molecule has 0 unspecified atom stereocenters. The number of rotatable bonds is 3. The fraction of sp³-hybridized carbons (Fsp3) is 0.375. The first-order chi connectivity index (χ1) is 11.8. The Hall–Kier alpha value is -2.94. The number of carbonyl (C=O) groups is 1. The first-order valence-corrected chi connectivity index (χ1v) is 7.60. The van der Waals surface area contributed by atoms with Gasteiger partial charge in [0.2, 0.25) is 0 Å². The zero-order valence-electron chi connectivity index (χ0n) is 13.6. The molecule has 1 aromatic heterocycles. The van der Waals surface area contributed by atoms with Gasteiger partial charge in [-0.15, -0.1) is 0 Å². The molecule has 25 heavy (non-hydrogen) atoms. The number of benzene rings is 1. The van der Waals surface area contributed by atoms with Crippen molar-refractivity contribution in [3.05, 3.63) is 61.6 Å². The fourth-order valence-corrected chi connectivity index (χ4v) is 3.57. The highest BCUT2D eigenvalue weighted by Gasteiger charge is 2.51. The molecule has 1 aromatic carbocycles. The first-order valence-electron chi connectivity index (χ1n) is 7.60. The van der Waals surface area contributed by atoms with E-state index < -0.39 is 33.9 Å². The van der Waals surface area contributed by atoms with Crippen LogP contribution in [0, 0.1) is 16.0 Å². The maximum atomic E-state index is 12.4. The number of aromatic nitrogens is 2. The molecular formula is C16H17N3O6. The molecule has 0 radical (unpaired) electrons. The van der Waals surface area contributed by atoms with Gasteiger partial charge < -0.3 is 14.9 Å². The number of carbonyl (C=O) groups excluding carboxylic acids is 1. The van der Waals surface area contributed by atoms with Crippen LogP contribution in [0.4, 0.5) is 5.69 Å². The number of aromatic amines is 2. The number of hydrogen-bond acceptors (Lipinski definition) is 6. The van der Waals surface area contributed by atoms with Crippen LogP contribution < -0.4 is 5.56 Å². The van der Waals surface area contributed by atoms with Crippen molar-refractivity contribution in [3.63, 3.8) is 0 Å². The second kappa shape index (κ2) is 5.85. The van der Waals surface area contributed by atoms with E-state index in [4.69, 9.17) is 4.74 Å². The Morgan fingerprint density at radius 1 is 1.44 bits per heavy atom. The van der Waals surface area contributed by atoms with E-state index in [0.29, 0.717) is 11.3 Å². The number of fused-ring (bicyclic) bond motifs is 1. The lowest BCUT2D eigenvalue weighted by Gasteiger charge is -2.40. The van der Waals surface area contributed by atoms with Gasteiger partial charge in [0.1, 0.15) is 0 Å². The molecule has 132 valence electrons. The number of non-ortho nitro benzene ring substituents is 1. The number of nitrogens with one attached hydrogen (secondary N) is 2. The summed E-state index contributed by atoms with van der Waals surface area (Å²) in [4.78, 5) is 35.2. The van der Waals surface area contributed by atoms with Crippen molar-refractivity contribution >= 4 is 11.7 Å². The van der Waals surface area contributed by atoms with Gasteiger partial charge in [0.25, 0.3) is 11.2 Å². The SMILES string of the molecule is COC(=O)[C@@H]1[C@H](c2cccc([N+](=O)[O-])c2)c2c([nH][nH]c2=O)C[C@]1(C)O. The van der Waals surface area contributed by atoms with Gasteiger partial charge in [-0.2, -0.15) is 0 Å². The van der Waals surface area contributed by atoms with Gasteiger partial charge in [0.15, 0.2) is 0 Å². The molecule has 0 spiro atoms. The molecule has 0 saturated heterocycles. The van der Waals surface area contributed by atoms with Crippen LogP contribution in [-0.2, 0) is 16.0 Å². The van der Waals surface area contributed by atoms with Gasteiger partial charge >= 0.3 is 5.97 Å². The molecule has 2 aromatic rings. The van der Waals surface area contributed by atoms with Crippen LogP contribution in [0.1, 0.15) is 29.7 Å². The summed E-state index contributed by atoms with van der Waals surface area (Å²) in [5.41, 5.74) is -0.971. The maximum absolute atomic E-state index is 12.4. The number of ether oxygens (including phenoxy) is 1. The molecule has 1 aliphatic carbocycles. The Kier molecular flexibility index (Phi) is 3.96. The Bertz CT molecular complexity index is 897. The standard InChI is InChI=1S/C16H17N3O6/c1-16(22)7-10-12(14(20)18-17-10)11(13(16)15(21)25-2)8-4-3-5-9(6-8)19(23)24/h3-6,11,13,22H,7H2,1-2H3,(H2,17,18,20)/t11-,13+,16+/m1/s1. The van der Waals surface area contributed by atoms with Crippen LogP contribution in [0.15, 0.2) is 29.1 Å². The van der Waals surface area contributed by atoms with E-state index >= 15 is 0 Å². The van der Waals surface area contributed by atoms with Gasteiger partial charge in [-0.1, -0.05) is 12.1 Å². The second-order valence-electron chi connectivity index (χ2n) is 6.34. The summed E-state index contributed by atoms with van der Waals surface area (Å²) >= 11 is 0. The van der Waals surface area contributed by atoms with Gasteiger partial charge in [0.05, 0.1) is 23.6 Å². The van der Waals surface area contributed by atoms with Crippen molar-refractivity contribution in [2.24, 2.45) is 5.92 Å². The number of hydrogen-bond donors (Lipinski definition) is 3. The predicted octanol–water partition coefficient (Wildman–Crippen LogP) is 0.839. The molecule has 9 nitrogen and oxygen atoms in total. The lowest BCUT2D eigenvalue weighted by Crippen LogP contribution is -2.49. The first kappa shape index (κ1) is 16.9. The Morgan fingerprint density at radius 3 is 2.80 bits per heavy atom. The molecule has 0 fully saturated rings. The topological polar surface area (TPSA) is 138 Å². The van der Waals surface area contributed by atoms with Crippen molar-refractivity contribution in [1.82, 2.24) is 10.2 Å². The zero-order chi connectivity index (χ0) is 18.4. The monoisotopic (exact) mass is 347 g/mol. The summed E-state index contributed by atoms with van der Waals surface area (Å²) in [7, 11) is 1.19. The molecule has 3 N–H and O–H groups in total. The highest BCUT2D eigenvalue weighted by molar-refractivity contribution is 5.77. The van der Waals surface area contributed by atoms with Gasteiger partial charge in [-0.25, -0.2) is 0 Å². The van der Waals surface area contributed by atoms with E-state index in [-0.39, 0.29) is 17.7 Å². The second-order valence-corrected chi connectivity index (χ2v) is 6.34. The van der Waals surface area contributed by atoms with Crippen molar-refractivity contribution in [2.45, 2.75) is 24.9 Å². The quantitative estimate of drug-likeness (QED) is 0.427. The van der Waals surface area contributed by atoms with E-state index in [1.54, 1.807) is 6.07 Å². The van der Waals surface area contributed by atoms with Crippen molar-refractivity contribution in [3.8, 4) is 0 Å². The molecule has 0 aliphatic heterocycles. The van der Waals surface area contributed by atoms with E-state index in [1.807, 2.05) is 0 Å². The normalized spacial score (nSPS) is 25.2. The number of nitro groups is 1. The van der Waals surface area contributed by atoms with E-state index in [2.05, 4.69) is 10.2 Å². The largest absolute Gasteiger partial charge is 0.469 e. The molecule has 3 atom stereocenters. The van der Waals surface area contributed by atoms with Crippen LogP contribution in [0.3, 0.4) is 0 Å². The molecular weight excluding hydrogens is 330 g/mol. The van der Waals surface area contributed by atoms with Crippen LogP contribution >= 0.6 is 0 Å². The third-order valence-corrected chi connectivity index (χ3v) is 4.64. The summed E-state index contributed by atoms with van der Waals surface area (Å²) in [5, 5.41) is 27.1. The third kappa shape index (κ3) is 2.72. The number of H-pyrrole nitrogens is 2. The molecule has 1 aliphatic rings. The average molecular weight is 347 g/mol. The number of aliphatic hydroxyl groups is 1. The zero-order valence-corrected chi connectivity index (χ0v) is 13.6. The summed E-state index contributed by atoms with van der Waals surface area (Å²) < 4.78 is 4.83. The number of methoxy groups -OCH3 is 1. The lowest BCUT2D eigenvalue weighted by atomic mass is 9.66. The van der Waals surface area contributed by atoms with E-state index in [0.717, 1.165) is 0 Å². The van der Waals surface area contributed by atoms with Crippen molar-refractivity contribution in [2.75, 3.05) is 7.11 Å². The Morgan fingerprint density at radius 2 is 2.16 bits per heavy atom. The van der Waals surface area contributed by atoms with E-state index in [1.165, 1.54) is 32.2 Å². The van der Waals surface area contributed by atoms with Gasteiger partial charge in [-0.3, -0.25) is 24.8 Å². The minimum atomic E-state index is -1.50. The molecule has 3 rings (SSSR count). The van der Waals surface area contributed by atoms with Crippen molar-refractivity contribution < 1.29 is 19.6 Å².